The van der Waals surface area contributed by atoms with Crippen LogP contribution in [0, 0.1) is 0 Å². The number of rotatable bonds is 9. The van der Waals surface area contributed by atoms with Gasteiger partial charge in [-0.1, -0.05) is 30.3 Å². The molecule has 0 saturated carbocycles. The van der Waals surface area contributed by atoms with Crippen molar-refractivity contribution in [1.82, 2.24) is 10.2 Å². The van der Waals surface area contributed by atoms with Crippen LogP contribution >= 0.6 is 7.60 Å². The van der Waals surface area contributed by atoms with Crippen molar-refractivity contribution in [2.24, 2.45) is 5.73 Å². The van der Waals surface area contributed by atoms with Gasteiger partial charge in [0.05, 0.1) is 6.04 Å². The average molecular weight is 411 g/mol. The lowest BCUT2D eigenvalue weighted by Crippen LogP contribution is -2.56. The number of carbonyl (C=O) groups is 2. The van der Waals surface area contributed by atoms with Crippen LogP contribution in [-0.4, -0.2) is 54.8 Å². The molecule has 28 heavy (non-hydrogen) atoms. The summed E-state index contributed by atoms with van der Waals surface area (Å²) in [6, 6.07) is 7.99. The van der Waals surface area contributed by atoms with E-state index in [1.807, 2.05) is 35.2 Å². The van der Waals surface area contributed by atoms with Gasteiger partial charge >= 0.3 is 7.60 Å². The monoisotopic (exact) mass is 411 g/mol. The van der Waals surface area contributed by atoms with Crippen LogP contribution < -0.4 is 11.1 Å². The van der Waals surface area contributed by atoms with Gasteiger partial charge in [-0.05, 0) is 32.3 Å². The molecule has 3 N–H and O–H groups in total. The Kier molecular flexibility index (Phi) is 7.39. The molecular weight excluding hydrogens is 381 g/mol. The maximum atomic E-state index is 13.0. The zero-order valence-corrected chi connectivity index (χ0v) is 17.8. The van der Waals surface area contributed by atoms with Gasteiger partial charge in [0.2, 0.25) is 11.8 Å². The van der Waals surface area contributed by atoms with Gasteiger partial charge < -0.3 is 20.1 Å². The number of nitrogens with two attached hydrogens (primary N) is 1. The number of likely N-dealkylation sites (tertiary alicyclic amines) is 1. The van der Waals surface area contributed by atoms with E-state index in [0.29, 0.717) is 19.4 Å². The minimum atomic E-state index is -3.46. The third-order valence-electron chi connectivity index (χ3n) is 5.35. The molecule has 1 aromatic carbocycles. The van der Waals surface area contributed by atoms with E-state index < -0.39 is 30.9 Å². The molecule has 2 atom stereocenters. The van der Waals surface area contributed by atoms with Crippen molar-refractivity contribution >= 4 is 19.4 Å². The number of nitrogens with zero attached hydrogens (tertiary/aromatic N) is 1. The first kappa shape index (κ1) is 22.6. The lowest BCUT2D eigenvalue weighted by molar-refractivity contribution is -0.131. The van der Waals surface area contributed by atoms with Crippen LogP contribution in [-0.2, 0) is 29.6 Å². The number of hydrogen-bond donors (Lipinski definition) is 2. The second-order valence-corrected chi connectivity index (χ2v) is 10.2. The maximum absolute atomic E-state index is 13.0. The normalized spacial score (nSPS) is 19.4. The summed E-state index contributed by atoms with van der Waals surface area (Å²) in [5, 5.41) is 1.77. The number of primary amides is 1. The van der Waals surface area contributed by atoms with E-state index in [9.17, 15) is 14.2 Å². The number of amides is 2. The zero-order chi connectivity index (χ0) is 20.9. The van der Waals surface area contributed by atoms with Crippen molar-refractivity contribution in [3.63, 3.8) is 0 Å². The van der Waals surface area contributed by atoms with Crippen molar-refractivity contribution in [1.29, 1.82) is 0 Å². The van der Waals surface area contributed by atoms with Gasteiger partial charge in [-0.15, -0.1) is 0 Å². The fourth-order valence-electron chi connectivity index (χ4n) is 3.71. The molecule has 2 rings (SSSR count). The molecular formula is C19H30N3O5P. The molecule has 0 spiro atoms. The SMILES string of the molecule is COP(=O)(OC)C(C)(C)N1CCC[C@H]1C(=O)N[C@@H](Cc1ccccc1)C(N)=O. The first-order valence-corrected chi connectivity index (χ1v) is 10.8. The minimum Gasteiger partial charge on any atom is -0.368 e. The highest BCUT2D eigenvalue weighted by Gasteiger charge is 2.52. The Hall–Kier alpha value is -1.73. The van der Waals surface area contributed by atoms with Crippen molar-refractivity contribution in [3.05, 3.63) is 35.9 Å². The summed E-state index contributed by atoms with van der Waals surface area (Å²) in [7, 11) is -0.797. The molecule has 0 bridgehead atoms. The molecule has 156 valence electrons. The Labute approximate surface area is 166 Å². The predicted molar refractivity (Wildman–Crippen MR) is 107 cm³/mol. The fourth-order valence-corrected chi connectivity index (χ4v) is 5.31. The Morgan fingerprint density at radius 2 is 1.89 bits per heavy atom. The first-order chi connectivity index (χ1) is 13.2. The number of carbonyl (C=O) groups excluding carboxylic acids is 2. The molecule has 0 aromatic heterocycles. The second kappa shape index (κ2) is 9.18. The van der Waals surface area contributed by atoms with Crippen LogP contribution in [0.5, 0.6) is 0 Å². The van der Waals surface area contributed by atoms with Gasteiger partial charge in [-0.25, -0.2) is 0 Å². The summed E-state index contributed by atoms with van der Waals surface area (Å²) in [5.41, 5.74) is 6.41. The highest BCUT2D eigenvalue weighted by Crippen LogP contribution is 2.61. The van der Waals surface area contributed by atoms with E-state index in [-0.39, 0.29) is 5.91 Å². The van der Waals surface area contributed by atoms with Gasteiger partial charge in [0.1, 0.15) is 11.3 Å². The largest absolute Gasteiger partial charge is 0.368 e. The van der Waals surface area contributed by atoms with Crippen LogP contribution in [0.1, 0.15) is 32.3 Å². The zero-order valence-electron chi connectivity index (χ0n) is 16.9. The summed E-state index contributed by atoms with van der Waals surface area (Å²) >= 11 is 0. The molecule has 1 aromatic rings. The molecule has 2 amide bonds. The standard InChI is InChI=1S/C19H30N3O5P/c1-19(2,28(25,26-3)27-4)22-12-8-11-16(22)18(24)21-15(17(20)23)13-14-9-6-5-7-10-14/h5-7,9-10,15-16H,8,11-13H2,1-4H3,(H2,20,23)(H,21,24)/t15-,16-/m0/s1. The summed E-state index contributed by atoms with van der Waals surface area (Å²) in [6.07, 6.45) is 1.65. The van der Waals surface area contributed by atoms with Gasteiger partial charge in [0.15, 0.2) is 0 Å². The Morgan fingerprint density at radius 3 is 2.43 bits per heavy atom. The minimum absolute atomic E-state index is 0.312. The molecule has 1 fully saturated rings. The van der Waals surface area contributed by atoms with Crippen molar-refractivity contribution in [2.75, 3.05) is 20.8 Å². The first-order valence-electron chi connectivity index (χ1n) is 9.28. The van der Waals surface area contributed by atoms with Crippen molar-refractivity contribution in [2.45, 2.75) is 50.5 Å². The Balaban J connectivity index is 2.17. The highest BCUT2D eigenvalue weighted by atomic mass is 31.2. The molecule has 8 nitrogen and oxygen atoms in total. The van der Waals surface area contributed by atoms with Gasteiger partial charge in [0, 0.05) is 27.2 Å². The van der Waals surface area contributed by atoms with Gasteiger partial charge in [-0.3, -0.25) is 19.1 Å². The predicted octanol–water partition coefficient (Wildman–Crippen LogP) is 1.89. The number of nitrogens with one attached hydrogen (secondary N) is 1. The van der Waals surface area contributed by atoms with Crippen LogP contribution in [0.3, 0.4) is 0 Å². The smallest absolute Gasteiger partial charge is 0.349 e. The second-order valence-electron chi connectivity index (χ2n) is 7.36. The van der Waals surface area contributed by atoms with Crippen LogP contribution in [0.25, 0.3) is 0 Å². The molecule has 0 aliphatic carbocycles. The number of hydrogen-bond acceptors (Lipinski definition) is 6. The fraction of sp³-hybridized carbons (Fsp3) is 0.579. The van der Waals surface area contributed by atoms with Crippen molar-refractivity contribution in [3.8, 4) is 0 Å². The maximum Gasteiger partial charge on any atom is 0.349 e. The number of benzene rings is 1. The van der Waals surface area contributed by atoms with Crippen LogP contribution in [0.15, 0.2) is 30.3 Å². The summed E-state index contributed by atoms with van der Waals surface area (Å²) in [5.74, 6) is -0.912. The summed E-state index contributed by atoms with van der Waals surface area (Å²) < 4.78 is 23.4. The van der Waals surface area contributed by atoms with E-state index in [2.05, 4.69) is 5.32 Å². The van der Waals surface area contributed by atoms with Gasteiger partial charge in [-0.2, -0.15) is 0 Å². The lowest BCUT2D eigenvalue weighted by atomic mass is 10.0. The topological polar surface area (TPSA) is 111 Å². The summed E-state index contributed by atoms with van der Waals surface area (Å²) in [6.45, 7) is 4.05. The van der Waals surface area contributed by atoms with E-state index in [0.717, 1.165) is 12.0 Å². The third-order valence-corrected chi connectivity index (χ3v) is 7.91. The molecule has 1 heterocycles. The quantitative estimate of drug-likeness (QED) is 0.601. The third kappa shape index (κ3) is 4.63. The molecule has 0 radical (unpaired) electrons. The summed E-state index contributed by atoms with van der Waals surface area (Å²) in [4.78, 5) is 26.7. The van der Waals surface area contributed by atoms with E-state index in [1.54, 1.807) is 13.8 Å². The van der Waals surface area contributed by atoms with Gasteiger partial charge in [0.25, 0.3) is 0 Å². The Morgan fingerprint density at radius 1 is 1.29 bits per heavy atom. The van der Waals surface area contributed by atoms with Crippen LogP contribution in [0.4, 0.5) is 0 Å². The van der Waals surface area contributed by atoms with E-state index in [1.165, 1.54) is 14.2 Å². The molecule has 1 aliphatic rings. The van der Waals surface area contributed by atoms with Crippen LogP contribution in [0.2, 0.25) is 0 Å². The van der Waals surface area contributed by atoms with Crippen molar-refractivity contribution < 1.29 is 23.2 Å². The van der Waals surface area contributed by atoms with E-state index in [4.69, 9.17) is 14.8 Å². The highest BCUT2D eigenvalue weighted by molar-refractivity contribution is 7.55. The molecule has 1 saturated heterocycles. The average Bonchev–Trinajstić information content (AvgIpc) is 3.18. The lowest BCUT2D eigenvalue weighted by Gasteiger charge is -2.41. The van der Waals surface area contributed by atoms with E-state index >= 15 is 0 Å². The molecule has 9 heteroatoms. The molecule has 1 aliphatic heterocycles. The molecule has 0 unspecified atom stereocenters. The Bertz CT molecular complexity index is 732.